The van der Waals surface area contributed by atoms with Crippen LogP contribution in [-0.2, 0) is 0 Å². The molecule has 0 amide bonds. The van der Waals surface area contributed by atoms with Gasteiger partial charge in [-0.05, 0) is 17.7 Å². The first-order valence-corrected chi connectivity index (χ1v) is 6.04. The highest BCUT2D eigenvalue weighted by Crippen LogP contribution is 2.31. The first kappa shape index (κ1) is 11.6. The fourth-order valence-electron chi connectivity index (χ4n) is 1.56. The largest absolute Gasteiger partial charge is 0.384 e. The molecular formula is C13H10BrClO. The van der Waals surface area contributed by atoms with E-state index < -0.39 is 6.10 Å². The summed E-state index contributed by atoms with van der Waals surface area (Å²) in [5.41, 5.74) is 1.53. The maximum atomic E-state index is 10.2. The molecule has 1 nitrogen and oxygen atoms in total. The van der Waals surface area contributed by atoms with E-state index >= 15 is 0 Å². The van der Waals surface area contributed by atoms with Crippen molar-refractivity contribution in [3.8, 4) is 0 Å². The van der Waals surface area contributed by atoms with Crippen LogP contribution in [0, 0.1) is 0 Å². The normalized spacial score (nSPS) is 12.4. The Bertz CT molecular complexity index is 453. The molecule has 0 aliphatic rings. The Hall–Kier alpha value is -0.830. The van der Waals surface area contributed by atoms with Crippen LogP contribution in [0.2, 0.25) is 5.02 Å². The lowest BCUT2D eigenvalue weighted by molar-refractivity contribution is 0.219. The summed E-state index contributed by atoms with van der Waals surface area (Å²) >= 11 is 9.46. The van der Waals surface area contributed by atoms with Crippen molar-refractivity contribution in [3.05, 3.63) is 69.2 Å². The molecule has 2 aromatic rings. The van der Waals surface area contributed by atoms with Gasteiger partial charge in [-0.1, -0.05) is 63.9 Å². The molecule has 0 saturated heterocycles. The molecule has 1 N–H and O–H groups in total. The van der Waals surface area contributed by atoms with Gasteiger partial charge in [0.15, 0.2) is 0 Å². The zero-order valence-corrected chi connectivity index (χ0v) is 10.7. The Balaban J connectivity index is 2.44. The quantitative estimate of drug-likeness (QED) is 0.881. The SMILES string of the molecule is OC(c1ccccc1Cl)c1ccccc1Br. The average molecular weight is 298 g/mol. The molecule has 0 heterocycles. The van der Waals surface area contributed by atoms with Crippen LogP contribution in [0.5, 0.6) is 0 Å². The summed E-state index contributed by atoms with van der Waals surface area (Å²) in [6, 6.07) is 14.9. The number of halogens is 2. The van der Waals surface area contributed by atoms with Crippen LogP contribution >= 0.6 is 27.5 Å². The summed E-state index contributed by atoms with van der Waals surface area (Å²) in [4.78, 5) is 0. The van der Waals surface area contributed by atoms with E-state index in [2.05, 4.69) is 15.9 Å². The molecule has 82 valence electrons. The summed E-state index contributed by atoms with van der Waals surface area (Å²) in [7, 11) is 0. The average Bonchev–Trinajstić information content (AvgIpc) is 2.29. The van der Waals surface area contributed by atoms with Gasteiger partial charge in [0, 0.05) is 15.1 Å². The van der Waals surface area contributed by atoms with Crippen molar-refractivity contribution >= 4 is 27.5 Å². The van der Waals surface area contributed by atoms with Crippen molar-refractivity contribution in [2.45, 2.75) is 6.10 Å². The summed E-state index contributed by atoms with van der Waals surface area (Å²) in [5.74, 6) is 0. The van der Waals surface area contributed by atoms with E-state index in [4.69, 9.17) is 11.6 Å². The van der Waals surface area contributed by atoms with E-state index in [-0.39, 0.29) is 0 Å². The Labute approximate surface area is 108 Å². The van der Waals surface area contributed by atoms with Crippen molar-refractivity contribution < 1.29 is 5.11 Å². The zero-order chi connectivity index (χ0) is 11.5. The molecule has 0 aliphatic carbocycles. The van der Waals surface area contributed by atoms with Crippen LogP contribution in [0.15, 0.2) is 53.0 Å². The molecule has 0 bridgehead atoms. The molecule has 2 aromatic carbocycles. The van der Waals surface area contributed by atoms with Gasteiger partial charge < -0.3 is 5.11 Å². The number of hydrogen-bond donors (Lipinski definition) is 1. The molecule has 0 aliphatic heterocycles. The van der Waals surface area contributed by atoms with Crippen LogP contribution in [0.3, 0.4) is 0 Å². The molecule has 1 unspecified atom stereocenters. The first-order valence-electron chi connectivity index (χ1n) is 4.87. The number of aliphatic hydroxyl groups is 1. The molecule has 3 heteroatoms. The summed E-state index contributed by atoms with van der Waals surface area (Å²) < 4.78 is 0.877. The van der Waals surface area contributed by atoms with Gasteiger partial charge in [0.25, 0.3) is 0 Å². The van der Waals surface area contributed by atoms with Gasteiger partial charge in [-0.3, -0.25) is 0 Å². The minimum Gasteiger partial charge on any atom is -0.384 e. The molecule has 2 rings (SSSR count). The van der Waals surface area contributed by atoms with Crippen LogP contribution in [-0.4, -0.2) is 5.11 Å². The van der Waals surface area contributed by atoms with Crippen molar-refractivity contribution in [3.63, 3.8) is 0 Å². The topological polar surface area (TPSA) is 20.2 Å². The molecule has 0 fully saturated rings. The van der Waals surface area contributed by atoms with Crippen LogP contribution in [0.4, 0.5) is 0 Å². The van der Waals surface area contributed by atoms with E-state index in [0.29, 0.717) is 5.02 Å². The van der Waals surface area contributed by atoms with Crippen molar-refractivity contribution in [1.29, 1.82) is 0 Å². The highest BCUT2D eigenvalue weighted by Gasteiger charge is 2.15. The maximum absolute atomic E-state index is 10.2. The number of benzene rings is 2. The van der Waals surface area contributed by atoms with Crippen molar-refractivity contribution in [1.82, 2.24) is 0 Å². The Morgan fingerprint density at radius 2 is 1.50 bits per heavy atom. The van der Waals surface area contributed by atoms with E-state index in [1.807, 2.05) is 42.5 Å². The second-order valence-electron chi connectivity index (χ2n) is 3.45. The van der Waals surface area contributed by atoms with E-state index in [0.717, 1.165) is 15.6 Å². The highest BCUT2D eigenvalue weighted by molar-refractivity contribution is 9.10. The molecular weight excluding hydrogens is 287 g/mol. The lowest BCUT2D eigenvalue weighted by Gasteiger charge is -2.14. The molecule has 0 radical (unpaired) electrons. The fourth-order valence-corrected chi connectivity index (χ4v) is 2.30. The second-order valence-corrected chi connectivity index (χ2v) is 4.71. The Morgan fingerprint density at radius 1 is 0.938 bits per heavy atom. The molecule has 0 aromatic heterocycles. The van der Waals surface area contributed by atoms with E-state index in [9.17, 15) is 5.11 Å². The van der Waals surface area contributed by atoms with Gasteiger partial charge in [-0.15, -0.1) is 0 Å². The third-order valence-electron chi connectivity index (χ3n) is 2.40. The van der Waals surface area contributed by atoms with Gasteiger partial charge in [0.05, 0.1) is 0 Å². The predicted octanol–water partition coefficient (Wildman–Crippen LogP) is 4.18. The molecule has 1 atom stereocenters. The van der Waals surface area contributed by atoms with Gasteiger partial charge >= 0.3 is 0 Å². The van der Waals surface area contributed by atoms with Crippen LogP contribution < -0.4 is 0 Å². The van der Waals surface area contributed by atoms with Gasteiger partial charge in [0.1, 0.15) is 6.10 Å². The zero-order valence-electron chi connectivity index (χ0n) is 8.40. The third-order valence-corrected chi connectivity index (χ3v) is 3.47. The maximum Gasteiger partial charge on any atom is 0.107 e. The number of hydrogen-bond acceptors (Lipinski definition) is 1. The summed E-state index contributed by atoms with van der Waals surface area (Å²) in [5, 5.41) is 10.8. The minimum atomic E-state index is -0.704. The fraction of sp³-hybridized carbons (Fsp3) is 0.0769. The lowest BCUT2D eigenvalue weighted by Crippen LogP contribution is -2.01. The summed E-state index contributed by atoms with van der Waals surface area (Å²) in [6.07, 6.45) is -0.704. The smallest absolute Gasteiger partial charge is 0.107 e. The third kappa shape index (κ3) is 2.29. The number of aliphatic hydroxyl groups excluding tert-OH is 1. The Morgan fingerprint density at radius 3 is 2.12 bits per heavy atom. The van der Waals surface area contributed by atoms with Crippen LogP contribution in [0.1, 0.15) is 17.2 Å². The van der Waals surface area contributed by atoms with E-state index in [1.165, 1.54) is 0 Å². The monoisotopic (exact) mass is 296 g/mol. The highest BCUT2D eigenvalue weighted by atomic mass is 79.9. The Kier molecular flexibility index (Phi) is 3.64. The molecule has 0 saturated carbocycles. The van der Waals surface area contributed by atoms with Crippen molar-refractivity contribution in [2.75, 3.05) is 0 Å². The van der Waals surface area contributed by atoms with Crippen molar-refractivity contribution in [2.24, 2.45) is 0 Å². The summed E-state index contributed by atoms with van der Waals surface area (Å²) in [6.45, 7) is 0. The first-order chi connectivity index (χ1) is 7.70. The minimum absolute atomic E-state index is 0.575. The molecule has 16 heavy (non-hydrogen) atoms. The lowest BCUT2D eigenvalue weighted by atomic mass is 10.0. The second kappa shape index (κ2) is 5.00. The molecule has 0 spiro atoms. The van der Waals surface area contributed by atoms with Gasteiger partial charge in [0.2, 0.25) is 0 Å². The van der Waals surface area contributed by atoms with Crippen LogP contribution in [0.25, 0.3) is 0 Å². The van der Waals surface area contributed by atoms with Gasteiger partial charge in [-0.25, -0.2) is 0 Å². The standard InChI is InChI=1S/C13H10BrClO/c14-11-7-3-1-5-9(11)13(16)10-6-2-4-8-12(10)15/h1-8,13,16H. The van der Waals surface area contributed by atoms with Gasteiger partial charge in [-0.2, -0.15) is 0 Å². The predicted molar refractivity (Wildman–Crippen MR) is 69.7 cm³/mol. The number of rotatable bonds is 2. The van der Waals surface area contributed by atoms with E-state index in [1.54, 1.807) is 6.07 Å².